The Morgan fingerprint density at radius 3 is 2.48 bits per heavy atom. The number of nitrogens with one attached hydrogen (secondary N) is 1. The molecule has 2 amide bonds. The molecule has 1 N–H and O–H groups in total. The predicted molar refractivity (Wildman–Crippen MR) is 125 cm³/mol. The van der Waals surface area contributed by atoms with Crippen LogP contribution >= 0.6 is 0 Å². The summed E-state index contributed by atoms with van der Waals surface area (Å²) in [6, 6.07) is 15.3. The van der Waals surface area contributed by atoms with Gasteiger partial charge in [0.05, 0.1) is 11.3 Å². The minimum absolute atomic E-state index is 0.0502. The third kappa shape index (κ3) is 5.87. The summed E-state index contributed by atoms with van der Waals surface area (Å²) < 4.78 is 5.83. The molecule has 1 atom stereocenters. The van der Waals surface area contributed by atoms with Crippen molar-refractivity contribution in [3.63, 3.8) is 0 Å². The number of ether oxygens (including phenoxy) is 1. The third-order valence-corrected chi connectivity index (χ3v) is 6.30. The maximum absolute atomic E-state index is 13.1. The first kappa shape index (κ1) is 22.9. The van der Waals surface area contributed by atoms with Crippen LogP contribution in [0.1, 0.15) is 74.2 Å². The largest absolute Gasteiger partial charge is 0.483 e. The van der Waals surface area contributed by atoms with Crippen LogP contribution in [0.5, 0.6) is 5.75 Å². The maximum Gasteiger partial charge on any atom is 0.262 e. The van der Waals surface area contributed by atoms with E-state index < -0.39 is 0 Å². The third-order valence-electron chi connectivity index (χ3n) is 6.30. The van der Waals surface area contributed by atoms with Gasteiger partial charge in [0.2, 0.25) is 0 Å². The van der Waals surface area contributed by atoms with Crippen LogP contribution in [0.4, 0.5) is 5.69 Å². The Balaban J connectivity index is 1.65. The topological polar surface area (TPSA) is 58.6 Å². The predicted octanol–water partition coefficient (Wildman–Crippen LogP) is 5.62. The Kier molecular flexibility index (Phi) is 8.10. The minimum atomic E-state index is -0.278. The van der Waals surface area contributed by atoms with E-state index in [0.717, 1.165) is 43.4 Å². The zero-order valence-corrected chi connectivity index (χ0v) is 18.9. The van der Waals surface area contributed by atoms with Crippen LogP contribution in [0.25, 0.3) is 0 Å². The lowest BCUT2D eigenvalue weighted by molar-refractivity contribution is -0.118. The molecule has 0 aromatic heterocycles. The van der Waals surface area contributed by atoms with Crippen molar-refractivity contribution in [2.24, 2.45) is 0 Å². The molecule has 0 radical (unpaired) electrons. The molecule has 1 aliphatic rings. The highest BCUT2D eigenvalue weighted by Gasteiger charge is 2.25. The summed E-state index contributed by atoms with van der Waals surface area (Å²) in [6.07, 6.45) is 6.65. The molecule has 0 heterocycles. The second kappa shape index (κ2) is 11.0. The second-order valence-electron chi connectivity index (χ2n) is 8.44. The molecule has 166 valence electrons. The number of benzene rings is 2. The normalized spacial score (nSPS) is 15.2. The number of hydrogen-bond acceptors (Lipinski definition) is 3. The van der Waals surface area contributed by atoms with Gasteiger partial charge in [-0.3, -0.25) is 9.59 Å². The lowest BCUT2D eigenvalue weighted by Gasteiger charge is -2.31. The van der Waals surface area contributed by atoms with Crippen molar-refractivity contribution in [2.75, 3.05) is 19.0 Å². The van der Waals surface area contributed by atoms with Crippen molar-refractivity contribution in [1.29, 1.82) is 0 Å². The van der Waals surface area contributed by atoms with Gasteiger partial charge in [-0.2, -0.15) is 0 Å². The molecule has 2 aromatic rings. The summed E-state index contributed by atoms with van der Waals surface area (Å²) in [5, 5.41) is 2.87. The van der Waals surface area contributed by atoms with E-state index in [1.165, 1.54) is 6.42 Å². The lowest BCUT2D eigenvalue weighted by atomic mass is 9.94. The van der Waals surface area contributed by atoms with Crippen molar-refractivity contribution >= 4 is 17.5 Å². The fraction of sp³-hybridized carbons (Fsp3) is 0.462. The zero-order chi connectivity index (χ0) is 22.2. The van der Waals surface area contributed by atoms with Gasteiger partial charge in [-0.1, -0.05) is 63.4 Å². The van der Waals surface area contributed by atoms with Gasteiger partial charge < -0.3 is 15.0 Å². The summed E-state index contributed by atoms with van der Waals surface area (Å²) in [5.74, 6) is 0.756. The highest BCUT2D eigenvalue weighted by atomic mass is 16.5. The highest BCUT2D eigenvalue weighted by molar-refractivity contribution is 6.04. The molecule has 1 fully saturated rings. The first-order valence-electron chi connectivity index (χ1n) is 11.4. The molecule has 3 rings (SSSR count). The quantitative estimate of drug-likeness (QED) is 0.600. The Morgan fingerprint density at radius 2 is 1.74 bits per heavy atom. The molecule has 0 saturated heterocycles. The van der Waals surface area contributed by atoms with E-state index in [1.54, 1.807) is 12.1 Å². The molecule has 5 heteroatoms. The van der Waals surface area contributed by atoms with Crippen molar-refractivity contribution < 1.29 is 14.3 Å². The number of para-hydroxylation sites is 2. The van der Waals surface area contributed by atoms with Gasteiger partial charge in [-0.05, 0) is 48.9 Å². The molecule has 0 spiro atoms. The standard InChI is InChI=1S/C26H34N2O3/c1-4-19(2)21-14-9-11-17-24(21)31-18-25(29)27-23-16-10-8-15-22(23)26(30)28(3)20-12-6-5-7-13-20/h8-11,14-17,19-20H,4-7,12-13,18H2,1-3H3,(H,27,29). The number of carbonyl (C=O) groups is 2. The van der Waals surface area contributed by atoms with Crippen LogP contribution in [-0.2, 0) is 4.79 Å². The van der Waals surface area contributed by atoms with Crippen molar-refractivity contribution in [3.05, 3.63) is 59.7 Å². The minimum Gasteiger partial charge on any atom is -0.483 e. The fourth-order valence-electron chi connectivity index (χ4n) is 4.17. The van der Waals surface area contributed by atoms with E-state index in [2.05, 4.69) is 19.2 Å². The van der Waals surface area contributed by atoms with Crippen LogP contribution in [0, 0.1) is 0 Å². The Labute approximate surface area is 185 Å². The van der Waals surface area contributed by atoms with Gasteiger partial charge in [0.15, 0.2) is 6.61 Å². The van der Waals surface area contributed by atoms with Crippen LogP contribution in [-0.4, -0.2) is 36.4 Å². The van der Waals surface area contributed by atoms with E-state index in [-0.39, 0.29) is 24.5 Å². The average molecular weight is 423 g/mol. The fourth-order valence-corrected chi connectivity index (χ4v) is 4.17. The van der Waals surface area contributed by atoms with Crippen molar-refractivity contribution in [2.45, 2.75) is 64.3 Å². The summed E-state index contributed by atoms with van der Waals surface area (Å²) in [7, 11) is 1.87. The van der Waals surface area contributed by atoms with Crippen molar-refractivity contribution in [1.82, 2.24) is 4.90 Å². The molecular formula is C26H34N2O3. The SMILES string of the molecule is CCC(C)c1ccccc1OCC(=O)Nc1ccccc1C(=O)N(C)C1CCCCC1. The summed E-state index contributed by atoms with van der Waals surface area (Å²) in [4.78, 5) is 27.6. The Bertz CT molecular complexity index is 890. The number of rotatable bonds is 8. The maximum atomic E-state index is 13.1. The monoisotopic (exact) mass is 422 g/mol. The van der Waals surface area contributed by atoms with E-state index in [0.29, 0.717) is 17.2 Å². The Morgan fingerprint density at radius 1 is 1.06 bits per heavy atom. The van der Waals surface area contributed by atoms with E-state index in [1.807, 2.05) is 48.3 Å². The van der Waals surface area contributed by atoms with Gasteiger partial charge >= 0.3 is 0 Å². The molecule has 5 nitrogen and oxygen atoms in total. The lowest BCUT2D eigenvalue weighted by Crippen LogP contribution is -2.38. The van der Waals surface area contributed by atoms with Crippen LogP contribution in [0.15, 0.2) is 48.5 Å². The highest BCUT2D eigenvalue weighted by Crippen LogP contribution is 2.28. The number of anilines is 1. The first-order valence-corrected chi connectivity index (χ1v) is 11.4. The average Bonchev–Trinajstić information content (AvgIpc) is 2.82. The van der Waals surface area contributed by atoms with Gasteiger partial charge in [-0.25, -0.2) is 0 Å². The number of amides is 2. The number of carbonyl (C=O) groups excluding carboxylic acids is 2. The smallest absolute Gasteiger partial charge is 0.262 e. The molecule has 0 bridgehead atoms. The van der Waals surface area contributed by atoms with Crippen molar-refractivity contribution in [3.8, 4) is 5.75 Å². The summed E-state index contributed by atoms with van der Waals surface area (Å²) >= 11 is 0. The van der Waals surface area contributed by atoms with E-state index in [9.17, 15) is 9.59 Å². The zero-order valence-electron chi connectivity index (χ0n) is 18.9. The van der Waals surface area contributed by atoms with Crippen LogP contribution < -0.4 is 10.1 Å². The molecule has 0 aliphatic heterocycles. The van der Waals surface area contributed by atoms with Gasteiger partial charge in [0.1, 0.15) is 5.75 Å². The molecule has 1 aliphatic carbocycles. The van der Waals surface area contributed by atoms with E-state index in [4.69, 9.17) is 4.74 Å². The summed E-state index contributed by atoms with van der Waals surface area (Å²) in [6.45, 7) is 4.17. The molecule has 2 aromatic carbocycles. The number of nitrogens with zero attached hydrogens (tertiary/aromatic N) is 1. The summed E-state index contributed by atoms with van der Waals surface area (Å²) in [5.41, 5.74) is 2.14. The Hall–Kier alpha value is -2.82. The van der Waals surface area contributed by atoms with Gasteiger partial charge in [0, 0.05) is 13.1 Å². The second-order valence-corrected chi connectivity index (χ2v) is 8.44. The number of hydrogen-bond donors (Lipinski definition) is 1. The van der Waals surface area contributed by atoms with Crippen LogP contribution in [0.3, 0.4) is 0 Å². The molecule has 31 heavy (non-hydrogen) atoms. The van der Waals surface area contributed by atoms with Crippen LogP contribution in [0.2, 0.25) is 0 Å². The van der Waals surface area contributed by atoms with Gasteiger partial charge in [0.25, 0.3) is 11.8 Å². The molecular weight excluding hydrogens is 388 g/mol. The van der Waals surface area contributed by atoms with Gasteiger partial charge in [-0.15, -0.1) is 0 Å². The van der Waals surface area contributed by atoms with E-state index >= 15 is 0 Å². The molecule has 1 saturated carbocycles. The first-order chi connectivity index (χ1) is 15.0. The molecule has 1 unspecified atom stereocenters.